The van der Waals surface area contributed by atoms with E-state index in [0.717, 1.165) is 43.2 Å². The highest BCUT2D eigenvalue weighted by atomic mass is 16.2. The molecule has 0 unspecified atom stereocenters. The number of carbonyl (C=O) groups excluding carboxylic acids is 1. The summed E-state index contributed by atoms with van der Waals surface area (Å²) in [6.07, 6.45) is 1.87. The van der Waals surface area contributed by atoms with Crippen molar-refractivity contribution >= 4 is 17.4 Å². The average Bonchev–Trinajstić information content (AvgIpc) is 2.98. The summed E-state index contributed by atoms with van der Waals surface area (Å²) in [4.78, 5) is 14.1. The van der Waals surface area contributed by atoms with Crippen LogP contribution >= 0.6 is 0 Å². The van der Waals surface area contributed by atoms with Gasteiger partial charge in [0.15, 0.2) is 11.5 Å². The van der Waals surface area contributed by atoms with Crippen molar-refractivity contribution in [2.75, 3.05) is 18.4 Å². The second-order valence-corrected chi connectivity index (χ2v) is 8.16. The number of aromatic nitrogens is 4. The van der Waals surface area contributed by atoms with E-state index in [9.17, 15) is 4.79 Å². The number of nitrogens with one attached hydrogen (secondary N) is 1. The van der Waals surface area contributed by atoms with Crippen molar-refractivity contribution in [2.45, 2.75) is 58.9 Å². The molecule has 0 bridgehead atoms. The standard InChI is InChI=1S/C18H28N6O/c1-12(2)16(25)23-10-8-13(9-11-23)19-14-6-7-15-20-21-17(18(3,4)5)24(15)22-14/h6-7,12-13H,8-11H2,1-5H3,(H,19,22). The topological polar surface area (TPSA) is 75.4 Å². The molecule has 1 aliphatic rings. The van der Waals surface area contributed by atoms with Gasteiger partial charge >= 0.3 is 0 Å². The Morgan fingerprint density at radius 2 is 1.88 bits per heavy atom. The molecular formula is C18H28N6O. The number of piperidine rings is 1. The Hall–Kier alpha value is -2.18. The smallest absolute Gasteiger partial charge is 0.225 e. The van der Waals surface area contributed by atoms with Gasteiger partial charge in [0, 0.05) is 30.5 Å². The number of carbonyl (C=O) groups is 1. The van der Waals surface area contributed by atoms with Crippen molar-refractivity contribution in [1.82, 2.24) is 24.7 Å². The first kappa shape index (κ1) is 17.6. The van der Waals surface area contributed by atoms with E-state index >= 15 is 0 Å². The van der Waals surface area contributed by atoms with E-state index in [4.69, 9.17) is 0 Å². The first-order chi connectivity index (χ1) is 11.8. The van der Waals surface area contributed by atoms with Crippen LogP contribution in [0.5, 0.6) is 0 Å². The molecule has 136 valence electrons. The largest absolute Gasteiger partial charge is 0.366 e. The molecule has 2 aromatic heterocycles. The van der Waals surface area contributed by atoms with Crippen LogP contribution in [0.2, 0.25) is 0 Å². The molecule has 7 heteroatoms. The fourth-order valence-corrected chi connectivity index (χ4v) is 3.15. The maximum Gasteiger partial charge on any atom is 0.225 e. The third-order valence-corrected chi connectivity index (χ3v) is 4.59. The van der Waals surface area contributed by atoms with Gasteiger partial charge in [0.05, 0.1) is 0 Å². The van der Waals surface area contributed by atoms with Crippen LogP contribution in [0.1, 0.15) is 53.3 Å². The minimum absolute atomic E-state index is 0.0677. The lowest BCUT2D eigenvalue weighted by Gasteiger charge is -2.33. The highest BCUT2D eigenvalue weighted by molar-refractivity contribution is 5.78. The Bertz CT molecular complexity index is 753. The van der Waals surface area contributed by atoms with Crippen molar-refractivity contribution in [3.05, 3.63) is 18.0 Å². The highest BCUT2D eigenvalue weighted by Gasteiger charge is 2.25. The van der Waals surface area contributed by atoms with Gasteiger partial charge in [0.1, 0.15) is 5.82 Å². The lowest BCUT2D eigenvalue weighted by atomic mass is 9.96. The zero-order chi connectivity index (χ0) is 18.2. The number of nitrogens with zero attached hydrogens (tertiary/aromatic N) is 5. The van der Waals surface area contributed by atoms with Crippen molar-refractivity contribution in [2.24, 2.45) is 5.92 Å². The van der Waals surface area contributed by atoms with E-state index in [2.05, 4.69) is 41.4 Å². The first-order valence-electron chi connectivity index (χ1n) is 9.04. The molecule has 1 N–H and O–H groups in total. The van der Waals surface area contributed by atoms with E-state index in [1.54, 1.807) is 0 Å². The van der Waals surface area contributed by atoms with Crippen LogP contribution in [0.25, 0.3) is 5.65 Å². The summed E-state index contributed by atoms with van der Waals surface area (Å²) >= 11 is 0. The molecule has 7 nitrogen and oxygen atoms in total. The number of fused-ring (bicyclic) bond motifs is 1. The first-order valence-corrected chi connectivity index (χ1v) is 9.04. The van der Waals surface area contributed by atoms with Gasteiger partial charge in [-0.1, -0.05) is 34.6 Å². The number of hydrogen-bond acceptors (Lipinski definition) is 5. The molecule has 1 aliphatic heterocycles. The van der Waals surface area contributed by atoms with Gasteiger partial charge < -0.3 is 10.2 Å². The zero-order valence-electron chi connectivity index (χ0n) is 15.8. The zero-order valence-corrected chi connectivity index (χ0v) is 15.8. The van der Waals surface area contributed by atoms with E-state index in [1.807, 2.05) is 35.4 Å². The van der Waals surface area contributed by atoms with Crippen molar-refractivity contribution < 1.29 is 4.79 Å². The lowest BCUT2D eigenvalue weighted by molar-refractivity contribution is -0.135. The summed E-state index contributed by atoms with van der Waals surface area (Å²) in [5.41, 5.74) is 0.640. The SMILES string of the molecule is CC(C)C(=O)N1CCC(Nc2ccc3nnc(C(C)(C)C)n3n2)CC1. The average molecular weight is 344 g/mol. The van der Waals surface area contributed by atoms with Crippen LogP contribution in [0.4, 0.5) is 5.82 Å². The molecule has 2 aromatic rings. The Kier molecular flexibility index (Phi) is 4.67. The summed E-state index contributed by atoms with van der Waals surface area (Å²) < 4.78 is 1.82. The maximum atomic E-state index is 12.1. The molecule has 0 saturated carbocycles. The number of hydrogen-bond donors (Lipinski definition) is 1. The Labute approximate surface area is 148 Å². The second kappa shape index (κ2) is 6.61. The van der Waals surface area contributed by atoms with Gasteiger partial charge in [0.25, 0.3) is 0 Å². The normalized spacial score (nSPS) is 16.6. The highest BCUT2D eigenvalue weighted by Crippen LogP contribution is 2.22. The monoisotopic (exact) mass is 344 g/mol. The molecule has 3 rings (SSSR count). The molecule has 1 amide bonds. The number of rotatable bonds is 3. The fraction of sp³-hybridized carbons (Fsp3) is 0.667. The Morgan fingerprint density at radius 1 is 1.20 bits per heavy atom. The van der Waals surface area contributed by atoms with Crippen molar-refractivity contribution in [1.29, 1.82) is 0 Å². The van der Waals surface area contributed by atoms with Gasteiger partial charge in [-0.15, -0.1) is 15.3 Å². The molecular weight excluding hydrogens is 316 g/mol. The number of likely N-dealkylation sites (tertiary alicyclic amines) is 1. The third-order valence-electron chi connectivity index (χ3n) is 4.59. The van der Waals surface area contributed by atoms with E-state index in [0.29, 0.717) is 6.04 Å². The number of amides is 1. The molecule has 3 heterocycles. The fourth-order valence-electron chi connectivity index (χ4n) is 3.15. The molecule has 0 spiro atoms. The van der Waals surface area contributed by atoms with Crippen molar-refractivity contribution in [3.63, 3.8) is 0 Å². The predicted molar refractivity (Wildman–Crippen MR) is 97.5 cm³/mol. The van der Waals surface area contributed by atoms with Crippen LogP contribution in [0, 0.1) is 5.92 Å². The molecule has 0 aliphatic carbocycles. The minimum atomic E-state index is -0.117. The van der Waals surface area contributed by atoms with Gasteiger partial charge in [0.2, 0.25) is 5.91 Å². The maximum absolute atomic E-state index is 12.1. The summed E-state index contributed by atoms with van der Waals surface area (Å²) in [5.74, 6) is 1.99. The molecule has 0 atom stereocenters. The van der Waals surface area contributed by atoms with E-state index in [-0.39, 0.29) is 17.2 Å². The number of anilines is 1. The van der Waals surface area contributed by atoms with Gasteiger partial charge in [-0.25, -0.2) is 0 Å². The molecule has 1 saturated heterocycles. The molecule has 0 radical (unpaired) electrons. The Balaban J connectivity index is 1.69. The third kappa shape index (κ3) is 3.75. The van der Waals surface area contributed by atoms with Gasteiger partial charge in [-0.3, -0.25) is 4.79 Å². The van der Waals surface area contributed by atoms with Crippen LogP contribution < -0.4 is 5.32 Å². The summed E-state index contributed by atoms with van der Waals surface area (Å²) in [6, 6.07) is 4.22. The minimum Gasteiger partial charge on any atom is -0.366 e. The summed E-state index contributed by atoms with van der Waals surface area (Å²) in [6.45, 7) is 11.8. The lowest BCUT2D eigenvalue weighted by Crippen LogP contribution is -2.44. The van der Waals surface area contributed by atoms with Crippen LogP contribution in [0.3, 0.4) is 0 Å². The van der Waals surface area contributed by atoms with Crippen LogP contribution in [0.15, 0.2) is 12.1 Å². The second-order valence-electron chi connectivity index (χ2n) is 8.16. The summed E-state index contributed by atoms with van der Waals surface area (Å²) in [7, 11) is 0. The van der Waals surface area contributed by atoms with Crippen molar-refractivity contribution in [3.8, 4) is 0 Å². The molecule has 1 fully saturated rings. The summed E-state index contributed by atoms with van der Waals surface area (Å²) in [5, 5.41) is 16.7. The molecule has 25 heavy (non-hydrogen) atoms. The van der Waals surface area contributed by atoms with Crippen LogP contribution in [-0.4, -0.2) is 49.7 Å². The van der Waals surface area contributed by atoms with Gasteiger partial charge in [-0.05, 0) is 25.0 Å². The quantitative estimate of drug-likeness (QED) is 0.926. The molecule has 0 aromatic carbocycles. The van der Waals surface area contributed by atoms with Gasteiger partial charge in [-0.2, -0.15) is 4.52 Å². The van der Waals surface area contributed by atoms with Crippen LogP contribution in [-0.2, 0) is 10.2 Å². The van der Waals surface area contributed by atoms with E-state index < -0.39 is 0 Å². The Morgan fingerprint density at radius 3 is 2.48 bits per heavy atom. The predicted octanol–water partition coefficient (Wildman–Crippen LogP) is 2.48. The van der Waals surface area contributed by atoms with E-state index in [1.165, 1.54) is 0 Å².